The molecule has 138 valence electrons. The first-order valence-corrected chi connectivity index (χ1v) is 9.89. The van der Waals surface area contributed by atoms with E-state index >= 15 is 0 Å². The third kappa shape index (κ3) is 6.67. The van der Waals surface area contributed by atoms with Gasteiger partial charge in [0.25, 0.3) is 0 Å². The molecular weight excluding hydrogens is 389 g/mol. The molecule has 26 heavy (non-hydrogen) atoms. The summed E-state index contributed by atoms with van der Waals surface area (Å²) >= 11 is 13.3. The van der Waals surface area contributed by atoms with Crippen LogP contribution >= 0.6 is 35.0 Å². The number of benzene rings is 2. The highest BCUT2D eigenvalue weighted by Gasteiger charge is 2.16. The minimum Gasteiger partial charge on any atom is -0.326 e. The van der Waals surface area contributed by atoms with Gasteiger partial charge in [-0.05, 0) is 47.9 Å². The molecule has 1 amide bonds. The number of carbonyl (C=O) groups excluding carboxylic acids is 2. The van der Waals surface area contributed by atoms with E-state index in [4.69, 9.17) is 23.2 Å². The number of anilines is 1. The minimum atomic E-state index is -0.0563. The van der Waals surface area contributed by atoms with Gasteiger partial charge in [-0.2, -0.15) is 0 Å². The van der Waals surface area contributed by atoms with E-state index in [-0.39, 0.29) is 22.9 Å². The highest BCUT2D eigenvalue weighted by molar-refractivity contribution is 8.00. The third-order valence-electron chi connectivity index (χ3n) is 3.43. The molecule has 6 heteroatoms. The van der Waals surface area contributed by atoms with E-state index in [1.807, 2.05) is 45.0 Å². The highest BCUT2D eigenvalue weighted by Crippen LogP contribution is 2.26. The lowest BCUT2D eigenvalue weighted by Gasteiger charge is -2.17. The number of thioether (sulfide) groups is 1. The Labute approximate surface area is 168 Å². The van der Waals surface area contributed by atoms with Crippen molar-refractivity contribution >= 4 is 52.3 Å². The maximum Gasteiger partial charge on any atom is 0.224 e. The number of carbonyl (C=O) groups is 2. The molecule has 0 aliphatic rings. The number of Topliss-reactive ketones (excluding diaryl/α,β-unsaturated/α-hetero) is 1. The van der Waals surface area contributed by atoms with Crippen LogP contribution in [0, 0.1) is 5.41 Å². The molecule has 2 aromatic carbocycles. The Morgan fingerprint density at radius 2 is 1.69 bits per heavy atom. The molecule has 0 saturated heterocycles. The summed E-state index contributed by atoms with van der Waals surface area (Å²) in [5.41, 5.74) is 1.16. The average molecular weight is 410 g/mol. The van der Waals surface area contributed by atoms with Crippen LogP contribution in [0.4, 0.5) is 5.69 Å². The number of ketones is 1. The molecule has 0 saturated carbocycles. The van der Waals surface area contributed by atoms with Crippen molar-refractivity contribution in [2.45, 2.75) is 32.1 Å². The second kappa shape index (κ2) is 8.94. The molecule has 0 aliphatic heterocycles. The van der Waals surface area contributed by atoms with Crippen molar-refractivity contribution < 1.29 is 9.59 Å². The minimum absolute atomic E-state index is 0.00883. The van der Waals surface area contributed by atoms with Gasteiger partial charge in [0.05, 0.1) is 10.8 Å². The molecule has 0 aromatic heterocycles. The fraction of sp³-hybridized carbons (Fsp3) is 0.300. The van der Waals surface area contributed by atoms with Gasteiger partial charge in [-0.15, -0.1) is 11.8 Å². The van der Waals surface area contributed by atoms with Crippen molar-refractivity contribution in [3.63, 3.8) is 0 Å². The van der Waals surface area contributed by atoms with E-state index < -0.39 is 0 Å². The fourth-order valence-corrected chi connectivity index (χ4v) is 3.56. The Morgan fingerprint density at radius 1 is 1.04 bits per heavy atom. The van der Waals surface area contributed by atoms with Crippen LogP contribution in [0.1, 0.15) is 37.6 Å². The summed E-state index contributed by atoms with van der Waals surface area (Å²) in [6.45, 7) is 6.07. The van der Waals surface area contributed by atoms with E-state index in [0.29, 0.717) is 22.0 Å². The van der Waals surface area contributed by atoms with Crippen LogP contribution < -0.4 is 5.32 Å². The first kappa shape index (κ1) is 20.8. The summed E-state index contributed by atoms with van der Waals surface area (Å²) in [6.07, 6.45) is 0.458. The Hall–Kier alpha value is -1.49. The molecule has 3 nitrogen and oxygen atoms in total. The number of amides is 1. The van der Waals surface area contributed by atoms with Crippen molar-refractivity contribution in [3.05, 3.63) is 58.1 Å². The molecule has 0 radical (unpaired) electrons. The third-order valence-corrected chi connectivity index (χ3v) is 4.99. The summed E-state index contributed by atoms with van der Waals surface area (Å²) in [5.74, 6) is 0.210. The highest BCUT2D eigenvalue weighted by atomic mass is 35.5. The lowest BCUT2D eigenvalue weighted by atomic mass is 9.92. The number of hydrogen-bond donors (Lipinski definition) is 1. The van der Waals surface area contributed by atoms with Gasteiger partial charge < -0.3 is 5.32 Å². The second-order valence-electron chi connectivity index (χ2n) is 7.15. The van der Waals surface area contributed by atoms with Crippen LogP contribution in [0.5, 0.6) is 0 Å². The van der Waals surface area contributed by atoms with Crippen LogP contribution in [0.25, 0.3) is 0 Å². The van der Waals surface area contributed by atoms with Crippen LogP contribution in [0.2, 0.25) is 10.0 Å². The van der Waals surface area contributed by atoms with E-state index in [1.54, 1.807) is 18.2 Å². The molecule has 0 heterocycles. The van der Waals surface area contributed by atoms with Crippen molar-refractivity contribution in [3.8, 4) is 0 Å². The van der Waals surface area contributed by atoms with E-state index in [2.05, 4.69) is 5.32 Å². The van der Waals surface area contributed by atoms with Crippen LogP contribution in [-0.4, -0.2) is 17.4 Å². The zero-order valence-electron chi connectivity index (χ0n) is 14.9. The first-order chi connectivity index (χ1) is 12.1. The predicted octanol–water partition coefficient (Wildman–Crippen LogP) is 6.34. The molecule has 1 N–H and O–H groups in total. The molecule has 0 fully saturated rings. The van der Waals surface area contributed by atoms with Crippen molar-refractivity contribution in [2.75, 3.05) is 11.1 Å². The number of hydrogen-bond acceptors (Lipinski definition) is 3. The lowest BCUT2D eigenvalue weighted by Crippen LogP contribution is -2.19. The standard InChI is InChI=1S/C20H21Cl2NO2S/c1-20(2,3)11-19(25)23-14-5-7-15(8-6-14)26-12-18(24)16-9-4-13(21)10-17(16)22/h4-10H,11-12H2,1-3H3,(H,23,25). The Balaban J connectivity index is 1.91. The maximum atomic E-state index is 12.3. The average Bonchev–Trinajstić information content (AvgIpc) is 2.52. The smallest absolute Gasteiger partial charge is 0.224 e. The van der Waals surface area contributed by atoms with Crippen molar-refractivity contribution in [2.24, 2.45) is 5.41 Å². The van der Waals surface area contributed by atoms with Gasteiger partial charge in [-0.25, -0.2) is 0 Å². The summed E-state index contributed by atoms with van der Waals surface area (Å²) in [5, 5.41) is 3.75. The fourth-order valence-electron chi connectivity index (χ4n) is 2.26. The monoisotopic (exact) mass is 409 g/mol. The Bertz CT molecular complexity index is 798. The SMILES string of the molecule is CC(C)(C)CC(=O)Nc1ccc(SCC(=O)c2ccc(Cl)cc2Cl)cc1. The van der Waals surface area contributed by atoms with E-state index in [1.165, 1.54) is 11.8 Å². The molecule has 0 bridgehead atoms. The number of halogens is 2. The van der Waals surface area contributed by atoms with Gasteiger partial charge in [-0.3, -0.25) is 9.59 Å². The van der Waals surface area contributed by atoms with Gasteiger partial charge in [0.2, 0.25) is 5.91 Å². The molecule has 0 unspecified atom stereocenters. The lowest BCUT2D eigenvalue weighted by molar-refractivity contribution is -0.117. The maximum absolute atomic E-state index is 12.3. The topological polar surface area (TPSA) is 46.2 Å². The summed E-state index contributed by atoms with van der Waals surface area (Å²) < 4.78 is 0. The second-order valence-corrected chi connectivity index (χ2v) is 9.04. The number of rotatable bonds is 6. The summed E-state index contributed by atoms with van der Waals surface area (Å²) in [6, 6.07) is 12.3. The van der Waals surface area contributed by atoms with Gasteiger partial charge >= 0.3 is 0 Å². The van der Waals surface area contributed by atoms with E-state index in [0.717, 1.165) is 10.6 Å². The Morgan fingerprint density at radius 3 is 2.27 bits per heavy atom. The van der Waals surface area contributed by atoms with Crippen molar-refractivity contribution in [1.29, 1.82) is 0 Å². The first-order valence-electron chi connectivity index (χ1n) is 8.15. The predicted molar refractivity (Wildman–Crippen MR) is 111 cm³/mol. The quantitative estimate of drug-likeness (QED) is 0.446. The molecule has 0 aliphatic carbocycles. The van der Waals surface area contributed by atoms with Gasteiger partial charge in [0.15, 0.2) is 5.78 Å². The van der Waals surface area contributed by atoms with Crippen LogP contribution in [-0.2, 0) is 4.79 Å². The molecule has 2 aromatic rings. The van der Waals surface area contributed by atoms with Gasteiger partial charge in [0, 0.05) is 27.6 Å². The number of nitrogens with one attached hydrogen (secondary N) is 1. The van der Waals surface area contributed by atoms with Gasteiger partial charge in [0.1, 0.15) is 0 Å². The molecule has 2 rings (SSSR count). The summed E-state index contributed by atoms with van der Waals surface area (Å²) in [7, 11) is 0. The van der Waals surface area contributed by atoms with E-state index in [9.17, 15) is 9.59 Å². The van der Waals surface area contributed by atoms with Crippen LogP contribution in [0.15, 0.2) is 47.4 Å². The van der Waals surface area contributed by atoms with Crippen LogP contribution in [0.3, 0.4) is 0 Å². The zero-order chi connectivity index (χ0) is 19.3. The van der Waals surface area contributed by atoms with Crippen molar-refractivity contribution in [1.82, 2.24) is 0 Å². The largest absolute Gasteiger partial charge is 0.326 e. The normalized spacial score (nSPS) is 11.3. The molecule has 0 spiro atoms. The van der Waals surface area contributed by atoms with Gasteiger partial charge in [-0.1, -0.05) is 44.0 Å². The summed E-state index contributed by atoms with van der Waals surface area (Å²) in [4.78, 5) is 25.2. The Kier molecular flexibility index (Phi) is 7.16. The molecule has 0 atom stereocenters. The molecular formula is C20H21Cl2NO2S. The zero-order valence-corrected chi connectivity index (χ0v) is 17.3.